The number of nitrogens with zero attached hydrogens (tertiary/aromatic N) is 1. The molecule has 0 amide bonds. The minimum absolute atomic E-state index is 0.124. The van der Waals surface area contributed by atoms with Crippen molar-refractivity contribution in [2.75, 3.05) is 13.6 Å². The largest absolute Gasteiger partial charge is 0.328 e. The molecule has 0 bridgehead atoms. The molecular weight excluding hydrogens is 307 g/mol. The molecule has 0 spiro atoms. The normalized spacial score (nSPS) is 23.8. The molecule has 0 heterocycles. The number of halogens is 2. The lowest BCUT2D eigenvalue weighted by molar-refractivity contribution is 0.217. The third kappa shape index (κ3) is 4.55. The summed E-state index contributed by atoms with van der Waals surface area (Å²) in [5, 5.41) is 0. The maximum atomic E-state index is 13.7. The molecule has 19 heavy (non-hydrogen) atoms. The van der Waals surface area contributed by atoms with E-state index in [9.17, 15) is 4.39 Å². The molecule has 106 valence electrons. The Kier molecular flexibility index (Phi) is 5.37. The van der Waals surface area contributed by atoms with Gasteiger partial charge >= 0.3 is 0 Å². The summed E-state index contributed by atoms with van der Waals surface area (Å²) in [6.07, 6.45) is 4.66. The van der Waals surface area contributed by atoms with Crippen LogP contribution in [0.3, 0.4) is 0 Å². The van der Waals surface area contributed by atoms with Gasteiger partial charge in [-0.3, -0.25) is 0 Å². The Hall–Kier alpha value is -0.450. The molecule has 1 aliphatic rings. The van der Waals surface area contributed by atoms with Crippen molar-refractivity contribution < 1.29 is 4.39 Å². The van der Waals surface area contributed by atoms with Gasteiger partial charge in [0.05, 0.1) is 0 Å². The first kappa shape index (κ1) is 14.9. The Morgan fingerprint density at radius 2 is 2.00 bits per heavy atom. The molecule has 0 saturated heterocycles. The fourth-order valence-corrected chi connectivity index (χ4v) is 3.24. The standard InChI is InChI=1S/C15H22BrFN2/c1-19(9-11-2-5-14(18)6-3-11)10-12-8-13(16)4-7-15(12)17/h4,7-8,11,14H,2-3,5-6,9-10,18H2,1H3. The third-order valence-electron chi connectivity index (χ3n) is 3.91. The number of rotatable bonds is 4. The highest BCUT2D eigenvalue weighted by molar-refractivity contribution is 9.10. The zero-order valence-corrected chi connectivity index (χ0v) is 13.0. The first-order chi connectivity index (χ1) is 9.04. The summed E-state index contributed by atoms with van der Waals surface area (Å²) in [7, 11) is 2.06. The van der Waals surface area contributed by atoms with Gasteiger partial charge in [0.25, 0.3) is 0 Å². The number of hydrogen-bond donors (Lipinski definition) is 1. The fourth-order valence-electron chi connectivity index (χ4n) is 2.83. The van der Waals surface area contributed by atoms with E-state index in [1.54, 1.807) is 6.07 Å². The van der Waals surface area contributed by atoms with Gasteiger partial charge in [-0.2, -0.15) is 0 Å². The fraction of sp³-hybridized carbons (Fsp3) is 0.600. The number of benzene rings is 1. The molecular formula is C15H22BrFN2. The van der Waals surface area contributed by atoms with Crippen molar-refractivity contribution in [2.24, 2.45) is 11.7 Å². The van der Waals surface area contributed by atoms with E-state index in [1.165, 1.54) is 18.9 Å². The van der Waals surface area contributed by atoms with Crippen molar-refractivity contribution in [3.05, 3.63) is 34.1 Å². The second-order valence-electron chi connectivity index (χ2n) is 5.71. The molecule has 2 N–H and O–H groups in total. The van der Waals surface area contributed by atoms with Crippen molar-refractivity contribution in [2.45, 2.75) is 38.3 Å². The van der Waals surface area contributed by atoms with Crippen LogP contribution in [0.2, 0.25) is 0 Å². The topological polar surface area (TPSA) is 29.3 Å². The van der Waals surface area contributed by atoms with Gasteiger partial charge in [0.1, 0.15) is 5.82 Å². The Morgan fingerprint density at radius 1 is 1.32 bits per heavy atom. The molecule has 1 aromatic carbocycles. The smallest absolute Gasteiger partial charge is 0.127 e. The van der Waals surface area contributed by atoms with Crippen molar-refractivity contribution in [1.29, 1.82) is 0 Å². The van der Waals surface area contributed by atoms with E-state index in [-0.39, 0.29) is 5.82 Å². The average molecular weight is 329 g/mol. The number of hydrogen-bond acceptors (Lipinski definition) is 2. The minimum Gasteiger partial charge on any atom is -0.328 e. The summed E-state index contributed by atoms with van der Waals surface area (Å²) in [6, 6.07) is 5.51. The Labute approximate surface area is 123 Å². The molecule has 4 heteroatoms. The Morgan fingerprint density at radius 3 is 2.68 bits per heavy atom. The number of nitrogens with two attached hydrogens (primary N) is 1. The first-order valence-electron chi connectivity index (χ1n) is 6.92. The highest BCUT2D eigenvalue weighted by Crippen LogP contribution is 2.24. The van der Waals surface area contributed by atoms with Crippen molar-refractivity contribution >= 4 is 15.9 Å². The highest BCUT2D eigenvalue weighted by Gasteiger charge is 2.20. The van der Waals surface area contributed by atoms with E-state index in [1.807, 2.05) is 6.07 Å². The molecule has 1 aliphatic carbocycles. The van der Waals surface area contributed by atoms with E-state index in [0.717, 1.165) is 29.4 Å². The summed E-state index contributed by atoms with van der Waals surface area (Å²) in [6.45, 7) is 1.69. The van der Waals surface area contributed by atoms with Crippen LogP contribution < -0.4 is 5.73 Å². The molecule has 2 rings (SSSR count). The van der Waals surface area contributed by atoms with Crippen LogP contribution in [-0.4, -0.2) is 24.5 Å². The monoisotopic (exact) mass is 328 g/mol. The van der Waals surface area contributed by atoms with Crippen LogP contribution >= 0.6 is 15.9 Å². The molecule has 0 radical (unpaired) electrons. The first-order valence-corrected chi connectivity index (χ1v) is 7.72. The summed E-state index contributed by atoms with van der Waals surface area (Å²) < 4.78 is 14.6. The van der Waals surface area contributed by atoms with Crippen LogP contribution in [-0.2, 0) is 6.54 Å². The third-order valence-corrected chi connectivity index (χ3v) is 4.40. The second kappa shape index (κ2) is 6.82. The molecule has 0 aliphatic heterocycles. The van der Waals surface area contributed by atoms with Crippen molar-refractivity contribution in [3.63, 3.8) is 0 Å². The lowest BCUT2D eigenvalue weighted by Gasteiger charge is -2.29. The van der Waals surface area contributed by atoms with Gasteiger partial charge in [0, 0.05) is 29.2 Å². The zero-order valence-electron chi connectivity index (χ0n) is 11.4. The Balaban J connectivity index is 1.87. The van der Waals surface area contributed by atoms with Crippen LogP contribution in [0.25, 0.3) is 0 Å². The predicted octanol–water partition coefficient (Wildman–Crippen LogP) is 3.54. The Bertz CT molecular complexity index is 417. The van der Waals surface area contributed by atoms with Gasteiger partial charge < -0.3 is 10.6 Å². The minimum atomic E-state index is -0.124. The van der Waals surface area contributed by atoms with E-state index in [2.05, 4.69) is 27.9 Å². The van der Waals surface area contributed by atoms with Gasteiger partial charge in [0.2, 0.25) is 0 Å². The average Bonchev–Trinajstić information content (AvgIpc) is 2.37. The summed E-state index contributed by atoms with van der Waals surface area (Å²) >= 11 is 3.39. The maximum absolute atomic E-state index is 13.7. The molecule has 1 saturated carbocycles. The van der Waals surface area contributed by atoms with Crippen LogP contribution in [0.4, 0.5) is 4.39 Å². The van der Waals surface area contributed by atoms with Crippen LogP contribution in [0.1, 0.15) is 31.2 Å². The molecule has 0 aromatic heterocycles. The van der Waals surface area contributed by atoms with E-state index >= 15 is 0 Å². The quantitative estimate of drug-likeness (QED) is 0.915. The second-order valence-corrected chi connectivity index (χ2v) is 6.63. The maximum Gasteiger partial charge on any atom is 0.127 e. The van der Waals surface area contributed by atoms with E-state index < -0.39 is 0 Å². The summed E-state index contributed by atoms with van der Waals surface area (Å²) in [5.41, 5.74) is 6.67. The zero-order chi connectivity index (χ0) is 13.8. The van der Waals surface area contributed by atoms with Gasteiger partial charge in [0.15, 0.2) is 0 Å². The van der Waals surface area contributed by atoms with Gasteiger partial charge in [-0.15, -0.1) is 0 Å². The predicted molar refractivity (Wildman–Crippen MR) is 80.4 cm³/mol. The molecule has 0 unspecified atom stereocenters. The van der Waals surface area contributed by atoms with Gasteiger partial charge in [-0.1, -0.05) is 15.9 Å². The van der Waals surface area contributed by atoms with E-state index in [4.69, 9.17) is 5.73 Å². The lowest BCUT2D eigenvalue weighted by Crippen LogP contribution is -2.32. The SMILES string of the molecule is CN(Cc1cc(Br)ccc1F)CC1CCC(N)CC1. The molecule has 1 fully saturated rings. The highest BCUT2D eigenvalue weighted by atomic mass is 79.9. The summed E-state index contributed by atoms with van der Waals surface area (Å²) in [4.78, 5) is 2.21. The summed E-state index contributed by atoms with van der Waals surface area (Å²) in [5.74, 6) is 0.584. The molecule has 2 nitrogen and oxygen atoms in total. The van der Waals surface area contributed by atoms with Crippen molar-refractivity contribution in [1.82, 2.24) is 4.90 Å². The molecule has 0 atom stereocenters. The lowest BCUT2D eigenvalue weighted by atomic mass is 9.86. The van der Waals surface area contributed by atoms with Gasteiger partial charge in [-0.25, -0.2) is 4.39 Å². The van der Waals surface area contributed by atoms with E-state index in [0.29, 0.717) is 18.5 Å². The van der Waals surface area contributed by atoms with Crippen LogP contribution in [0, 0.1) is 11.7 Å². The van der Waals surface area contributed by atoms with Crippen LogP contribution in [0.15, 0.2) is 22.7 Å². The van der Waals surface area contributed by atoms with Crippen LogP contribution in [0.5, 0.6) is 0 Å². The van der Waals surface area contributed by atoms with Crippen molar-refractivity contribution in [3.8, 4) is 0 Å². The van der Waals surface area contributed by atoms with Gasteiger partial charge in [-0.05, 0) is 56.8 Å². The molecule has 1 aromatic rings.